The first-order valence-electron chi connectivity index (χ1n) is 10.4. The van der Waals surface area contributed by atoms with Crippen LogP contribution in [0.3, 0.4) is 0 Å². The Hall–Kier alpha value is -3.80. The fourth-order valence-electron chi connectivity index (χ4n) is 2.83. The van der Waals surface area contributed by atoms with Crippen LogP contribution in [0.4, 0.5) is 15.6 Å². The minimum atomic E-state index is -1.19. The fraction of sp³-hybridized carbons (Fsp3) is 0.364. The SMILES string of the molecule is CC(=O)Nc1nc(CCc2ccc(N=CNC(=O)O)cc2)c(C(=O)N(C)CCC(=O)N(C)C)s1. The van der Waals surface area contributed by atoms with E-state index in [1.54, 1.807) is 33.3 Å². The third-order valence-corrected chi connectivity index (χ3v) is 5.67. The summed E-state index contributed by atoms with van der Waals surface area (Å²) in [4.78, 5) is 58.7. The summed E-state index contributed by atoms with van der Waals surface area (Å²) in [5.41, 5.74) is 2.13. The van der Waals surface area contributed by atoms with Crippen molar-refractivity contribution in [1.82, 2.24) is 20.1 Å². The van der Waals surface area contributed by atoms with Gasteiger partial charge in [-0.25, -0.2) is 14.8 Å². The predicted octanol–water partition coefficient (Wildman–Crippen LogP) is 2.36. The third kappa shape index (κ3) is 8.28. The maximum atomic E-state index is 13.0. The molecule has 1 heterocycles. The number of nitrogens with one attached hydrogen (secondary N) is 2. The Kier molecular flexibility index (Phi) is 9.68. The lowest BCUT2D eigenvalue weighted by atomic mass is 10.1. The zero-order chi connectivity index (χ0) is 25.3. The molecule has 0 fully saturated rings. The molecule has 0 unspecified atom stereocenters. The van der Waals surface area contributed by atoms with E-state index in [0.717, 1.165) is 23.2 Å². The van der Waals surface area contributed by atoms with Gasteiger partial charge < -0.3 is 20.2 Å². The zero-order valence-electron chi connectivity index (χ0n) is 19.5. The van der Waals surface area contributed by atoms with Crippen LogP contribution in [0, 0.1) is 0 Å². The Morgan fingerprint density at radius 3 is 2.38 bits per heavy atom. The van der Waals surface area contributed by atoms with Crippen LogP contribution in [0.2, 0.25) is 0 Å². The van der Waals surface area contributed by atoms with Gasteiger partial charge in [-0.05, 0) is 30.5 Å². The standard InChI is InChI=1S/C22H28N6O5S/c1-14(29)25-21-26-17(19(34-21)20(31)28(4)12-11-18(30)27(2)3)10-7-15-5-8-16(9-6-15)23-13-24-22(32)33/h5-6,8-9,13H,7,10-12H2,1-4H3,(H,23,24)(H,32,33)(H,25,26,29). The van der Waals surface area contributed by atoms with Crippen molar-refractivity contribution in [1.29, 1.82) is 0 Å². The van der Waals surface area contributed by atoms with Crippen LogP contribution in [0.25, 0.3) is 0 Å². The number of aryl methyl sites for hydroxylation is 2. The summed E-state index contributed by atoms with van der Waals surface area (Å²) in [5, 5.41) is 13.6. The first kappa shape index (κ1) is 26.5. The van der Waals surface area contributed by atoms with Crippen molar-refractivity contribution < 1.29 is 24.3 Å². The van der Waals surface area contributed by atoms with E-state index in [0.29, 0.717) is 34.2 Å². The van der Waals surface area contributed by atoms with Crippen molar-refractivity contribution >= 4 is 52.3 Å². The number of aromatic nitrogens is 1. The van der Waals surface area contributed by atoms with Crippen LogP contribution in [0.1, 0.15) is 34.3 Å². The highest BCUT2D eigenvalue weighted by Crippen LogP contribution is 2.26. The molecule has 0 aliphatic rings. The summed E-state index contributed by atoms with van der Waals surface area (Å²) in [7, 11) is 4.96. The van der Waals surface area contributed by atoms with E-state index in [9.17, 15) is 19.2 Å². The van der Waals surface area contributed by atoms with Crippen molar-refractivity contribution in [2.24, 2.45) is 4.99 Å². The summed E-state index contributed by atoms with van der Waals surface area (Å²) < 4.78 is 0. The molecule has 3 N–H and O–H groups in total. The second-order valence-corrected chi connectivity index (χ2v) is 8.61. The summed E-state index contributed by atoms with van der Waals surface area (Å²) in [5.74, 6) is -0.612. The van der Waals surface area contributed by atoms with Gasteiger partial charge in [0.2, 0.25) is 11.8 Å². The number of carboxylic acid groups (broad SMARTS) is 1. The van der Waals surface area contributed by atoms with Gasteiger partial charge in [0.05, 0.1) is 17.7 Å². The zero-order valence-corrected chi connectivity index (χ0v) is 20.3. The van der Waals surface area contributed by atoms with Crippen LogP contribution < -0.4 is 10.6 Å². The van der Waals surface area contributed by atoms with Crippen LogP contribution in [0.5, 0.6) is 0 Å². The van der Waals surface area contributed by atoms with Crippen molar-refractivity contribution in [2.75, 3.05) is 33.0 Å². The second-order valence-electron chi connectivity index (χ2n) is 7.62. The molecule has 34 heavy (non-hydrogen) atoms. The van der Waals surface area contributed by atoms with Crippen molar-refractivity contribution in [3.63, 3.8) is 0 Å². The van der Waals surface area contributed by atoms with Crippen LogP contribution in [0.15, 0.2) is 29.3 Å². The van der Waals surface area contributed by atoms with E-state index in [1.807, 2.05) is 17.4 Å². The highest BCUT2D eigenvalue weighted by molar-refractivity contribution is 7.17. The first-order valence-corrected chi connectivity index (χ1v) is 11.2. The largest absolute Gasteiger partial charge is 0.465 e. The van der Waals surface area contributed by atoms with Crippen molar-refractivity contribution in [3.05, 3.63) is 40.4 Å². The summed E-state index contributed by atoms with van der Waals surface area (Å²) in [6.07, 6.45) is 1.16. The van der Waals surface area contributed by atoms with Gasteiger partial charge in [-0.2, -0.15) is 0 Å². The van der Waals surface area contributed by atoms with Gasteiger partial charge >= 0.3 is 6.09 Å². The smallest absolute Gasteiger partial charge is 0.409 e. The number of anilines is 1. The number of carbonyl (C=O) groups excluding carboxylic acids is 3. The molecule has 0 bridgehead atoms. The van der Waals surface area contributed by atoms with E-state index in [4.69, 9.17) is 5.11 Å². The van der Waals surface area contributed by atoms with Gasteiger partial charge in [0.25, 0.3) is 5.91 Å². The summed E-state index contributed by atoms with van der Waals surface area (Å²) >= 11 is 1.11. The quantitative estimate of drug-likeness (QED) is 0.346. The number of amides is 4. The molecule has 0 radical (unpaired) electrons. The van der Waals surface area contributed by atoms with Gasteiger partial charge in [-0.15, -0.1) is 0 Å². The van der Waals surface area contributed by atoms with E-state index < -0.39 is 6.09 Å². The molecule has 0 atom stereocenters. The van der Waals surface area contributed by atoms with Crippen LogP contribution in [-0.4, -0.2) is 77.7 Å². The predicted molar refractivity (Wildman–Crippen MR) is 130 cm³/mol. The van der Waals surface area contributed by atoms with Crippen LogP contribution in [-0.2, 0) is 22.4 Å². The lowest BCUT2D eigenvalue weighted by Crippen LogP contribution is -2.32. The number of hydrogen-bond donors (Lipinski definition) is 3. The van der Waals surface area contributed by atoms with E-state index in [2.05, 4.69) is 15.3 Å². The number of nitrogens with zero attached hydrogens (tertiary/aromatic N) is 4. The molecular formula is C22H28N6O5S. The maximum Gasteiger partial charge on any atom is 0.409 e. The van der Waals surface area contributed by atoms with Gasteiger partial charge in [0.1, 0.15) is 4.88 Å². The molecule has 2 rings (SSSR count). The Bertz CT molecular complexity index is 1060. The molecule has 12 heteroatoms. The number of thiazole rings is 1. The molecule has 1 aromatic heterocycles. The number of carbonyl (C=O) groups is 4. The van der Waals surface area contributed by atoms with Gasteiger partial charge in [0.15, 0.2) is 5.13 Å². The molecule has 2 aromatic rings. The molecule has 0 saturated carbocycles. The monoisotopic (exact) mass is 488 g/mol. The first-order chi connectivity index (χ1) is 16.1. The Morgan fingerprint density at radius 2 is 1.79 bits per heavy atom. The average Bonchev–Trinajstić information content (AvgIpc) is 3.17. The molecule has 1 aromatic carbocycles. The molecule has 4 amide bonds. The number of rotatable bonds is 10. The number of hydrogen-bond acceptors (Lipinski definition) is 7. The van der Waals surface area contributed by atoms with Crippen molar-refractivity contribution in [2.45, 2.75) is 26.2 Å². The number of benzene rings is 1. The van der Waals surface area contributed by atoms with Gasteiger partial charge in [-0.3, -0.25) is 19.7 Å². The van der Waals surface area contributed by atoms with Crippen LogP contribution >= 0.6 is 11.3 Å². The van der Waals surface area contributed by atoms with Gasteiger partial charge in [-0.1, -0.05) is 23.5 Å². The minimum absolute atomic E-state index is 0.0744. The maximum absolute atomic E-state index is 13.0. The summed E-state index contributed by atoms with van der Waals surface area (Å²) in [6, 6.07) is 7.21. The normalized spacial score (nSPS) is 10.7. The molecule has 0 aliphatic carbocycles. The Balaban J connectivity index is 2.11. The van der Waals surface area contributed by atoms with Gasteiger partial charge in [0, 0.05) is 41.0 Å². The minimum Gasteiger partial charge on any atom is -0.465 e. The fourth-order valence-corrected chi connectivity index (χ4v) is 3.88. The highest BCUT2D eigenvalue weighted by atomic mass is 32.1. The molecule has 11 nitrogen and oxygen atoms in total. The van der Waals surface area contributed by atoms with E-state index >= 15 is 0 Å². The molecule has 0 saturated heterocycles. The molecular weight excluding hydrogens is 460 g/mol. The highest BCUT2D eigenvalue weighted by Gasteiger charge is 2.22. The van der Waals surface area contributed by atoms with E-state index in [1.165, 1.54) is 16.7 Å². The summed E-state index contributed by atoms with van der Waals surface area (Å²) in [6.45, 7) is 1.64. The molecule has 182 valence electrons. The topological polar surface area (TPSA) is 144 Å². The third-order valence-electron chi connectivity index (χ3n) is 4.67. The Morgan fingerprint density at radius 1 is 1.12 bits per heavy atom. The van der Waals surface area contributed by atoms with E-state index in [-0.39, 0.29) is 30.7 Å². The second kappa shape index (κ2) is 12.4. The lowest BCUT2D eigenvalue weighted by molar-refractivity contribution is -0.128. The molecule has 0 spiro atoms. The lowest BCUT2D eigenvalue weighted by Gasteiger charge is -2.18. The van der Waals surface area contributed by atoms with Crippen molar-refractivity contribution in [3.8, 4) is 0 Å². The molecule has 0 aliphatic heterocycles. The average molecular weight is 489 g/mol. The number of aliphatic imine (C=N–C) groups is 1. The Labute approximate surface area is 201 Å².